The molecule has 1 aliphatic carbocycles. The number of aliphatic hydroxyl groups is 1. The lowest BCUT2D eigenvalue weighted by Crippen LogP contribution is -2.58. The zero-order valence-electron chi connectivity index (χ0n) is 26.7. The van der Waals surface area contributed by atoms with Gasteiger partial charge < -0.3 is 24.2 Å². The van der Waals surface area contributed by atoms with Crippen LogP contribution in [0.4, 0.5) is 4.79 Å². The number of carbonyl (C=O) groups is 2. The Hall–Kier alpha value is -3.65. The molecule has 1 aliphatic heterocycles. The molecule has 0 radical (unpaired) electrons. The van der Waals surface area contributed by atoms with Crippen LogP contribution in [0.25, 0.3) is 11.3 Å². The zero-order chi connectivity index (χ0) is 31.3. The molecule has 1 saturated carbocycles. The molecule has 0 bridgehead atoms. The molecule has 0 spiro atoms. The van der Waals surface area contributed by atoms with Crippen molar-refractivity contribution in [1.82, 2.24) is 19.4 Å². The van der Waals surface area contributed by atoms with E-state index in [9.17, 15) is 14.7 Å². The van der Waals surface area contributed by atoms with Crippen LogP contribution in [0.1, 0.15) is 94.7 Å². The van der Waals surface area contributed by atoms with Gasteiger partial charge in [-0.05, 0) is 52.0 Å². The van der Waals surface area contributed by atoms with Crippen molar-refractivity contribution in [3.63, 3.8) is 0 Å². The number of rotatable bonds is 8. The molecule has 1 N–H and O–H groups in total. The molecular weight excluding hydrogens is 552 g/mol. The smallest absolute Gasteiger partial charge is 0.410 e. The van der Waals surface area contributed by atoms with Crippen LogP contribution < -0.4 is 0 Å². The highest BCUT2D eigenvalue weighted by atomic mass is 16.6. The second-order valence-corrected chi connectivity index (χ2v) is 13.5. The molecule has 2 aliphatic rings. The highest BCUT2D eigenvalue weighted by Gasteiger charge is 2.42. The minimum Gasteiger partial charge on any atom is -0.444 e. The van der Waals surface area contributed by atoms with Crippen LogP contribution in [-0.2, 0) is 11.2 Å². The number of benzene rings is 2. The molecule has 236 valence electrons. The van der Waals surface area contributed by atoms with Crippen LogP contribution in [0.15, 0.2) is 67.0 Å². The summed E-state index contributed by atoms with van der Waals surface area (Å²) in [5.74, 6) is -0.153. The Morgan fingerprint density at radius 2 is 1.73 bits per heavy atom. The number of imidazole rings is 1. The average molecular weight is 601 g/mol. The van der Waals surface area contributed by atoms with Gasteiger partial charge in [0.1, 0.15) is 5.60 Å². The molecule has 2 amide bonds. The van der Waals surface area contributed by atoms with Gasteiger partial charge in [-0.2, -0.15) is 0 Å². The Kier molecular flexibility index (Phi) is 9.78. The van der Waals surface area contributed by atoms with Gasteiger partial charge in [0.15, 0.2) is 5.69 Å². The molecule has 2 aromatic carbocycles. The number of carbonyl (C=O) groups excluding carboxylic acids is 2. The maximum atomic E-state index is 14.6. The average Bonchev–Trinajstić information content (AvgIpc) is 3.45. The Balaban J connectivity index is 1.51. The van der Waals surface area contributed by atoms with Gasteiger partial charge in [0.25, 0.3) is 5.91 Å². The third kappa shape index (κ3) is 7.17. The normalized spacial score (nSPS) is 22.6. The topological polar surface area (TPSA) is 87.9 Å². The van der Waals surface area contributed by atoms with E-state index >= 15 is 0 Å². The Labute approximate surface area is 262 Å². The van der Waals surface area contributed by atoms with Gasteiger partial charge in [0.05, 0.1) is 29.7 Å². The first-order valence-electron chi connectivity index (χ1n) is 16.3. The highest BCUT2D eigenvalue weighted by Crippen LogP contribution is 2.43. The van der Waals surface area contributed by atoms with Crippen molar-refractivity contribution in [2.75, 3.05) is 19.6 Å². The Morgan fingerprint density at radius 3 is 2.41 bits per heavy atom. The van der Waals surface area contributed by atoms with Gasteiger partial charge in [-0.3, -0.25) is 4.79 Å². The van der Waals surface area contributed by atoms with Crippen LogP contribution in [0.5, 0.6) is 0 Å². The fraction of sp³-hybridized carbons (Fsp3) is 0.528. The summed E-state index contributed by atoms with van der Waals surface area (Å²) in [7, 11) is 0. The van der Waals surface area contributed by atoms with Gasteiger partial charge in [0, 0.05) is 25.2 Å². The molecule has 1 aromatic heterocycles. The van der Waals surface area contributed by atoms with E-state index in [1.807, 2.05) is 74.2 Å². The summed E-state index contributed by atoms with van der Waals surface area (Å²) in [5, 5.41) is 12.0. The van der Waals surface area contributed by atoms with Gasteiger partial charge >= 0.3 is 6.09 Å². The predicted octanol–water partition coefficient (Wildman–Crippen LogP) is 6.89. The van der Waals surface area contributed by atoms with E-state index in [4.69, 9.17) is 9.72 Å². The van der Waals surface area contributed by atoms with Crippen molar-refractivity contribution in [1.29, 1.82) is 0 Å². The van der Waals surface area contributed by atoms with Crippen LogP contribution in [0, 0.1) is 0 Å². The molecule has 3 aromatic rings. The molecule has 8 heteroatoms. The zero-order valence-corrected chi connectivity index (χ0v) is 26.7. The quantitative estimate of drug-likeness (QED) is 0.304. The summed E-state index contributed by atoms with van der Waals surface area (Å²) in [6.07, 6.45) is 8.34. The number of nitrogens with zero attached hydrogens (tertiary/aromatic N) is 4. The molecule has 8 nitrogen and oxygen atoms in total. The summed E-state index contributed by atoms with van der Waals surface area (Å²) in [6.45, 7) is 8.87. The second kappa shape index (κ2) is 13.6. The van der Waals surface area contributed by atoms with Crippen molar-refractivity contribution in [3.8, 4) is 11.3 Å². The lowest BCUT2D eigenvalue weighted by Gasteiger charge is -2.42. The SMILES string of the molecule is CCCC[C@@]1(O)CCCC[C@@H]1n1cnc(C(=O)N2CCN(C(=O)OC(C)(C)C)C[C@H]2Cc2ccccc2)c1-c1ccccc1. The van der Waals surface area contributed by atoms with E-state index in [1.54, 1.807) is 11.2 Å². The number of unbranched alkanes of at least 4 members (excludes halogenated alkanes) is 1. The van der Waals surface area contributed by atoms with Crippen molar-refractivity contribution >= 4 is 12.0 Å². The summed E-state index contributed by atoms with van der Waals surface area (Å²) >= 11 is 0. The molecule has 1 saturated heterocycles. The van der Waals surface area contributed by atoms with Crippen molar-refractivity contribution in [2.24, 2.45) is 0 Å². The van der Waals surface area contributed by atoms with E-state index in [0.29, 0.717) is 31.7 Å². The van der Waals surface area contributed by atoms with Gasteiger partial charge in [-0.1, -0.05) is 93.3 Å². The summed E-state index contributed by atoms with van der Waals surface area (Å²) in [5.41, 5.74) is 1.71. The number of aromatic nitrogens is 2. The van der Waals surface area contributed by atoms with E-state index in [-0.39, 0.29) is 24.1 Å². The second-order valence-electron chi connectivity index (χ2n) is 13.5. The van der Waals surface area contributed by atoms with E-state index < -0.39 is 11.2 Å². The number of hydrogen-bond donors (Lipinski definition) is 1. The summed E-state index contributed by atoms with van der Waals surface area (Å²) in [4.78, 5) is 36.0. The van der Waals surface area contributed by atoms with E-state index in [2.05, 4.69) is 23.6 Å². The predicted molar refractivity (Wildman–Crippen MR) is 172 cm³/mol. The van der Waals surface area contributed by atoms with Crippen LogP contribution in [0.2, 0.25) is 0 Å². The van der Waals surface area contributed by atoms with Crippen LogP contribution in [-0.4, -0.2) is 73.3 Å². The third-order valence-corrected chi connectivity index (χ3v) is 9.01. The van der Waals surface area contributed by atoms with Crippen molar-refractivity contribution < 1.29 is 19.4 Å². The highest BCUT2D eigenvalue weighted by molar-refractivity contribution is 5.98. The first-order chi connectivity index (χ1) is 21.1. The Bertz CT molecular complexity index is 1400. The molecular formula is C36H48N4O4. The van der Waals surface area contributed by atoms with Crippen LogP contribution in [0.3, 0.4) is 0 Å². The van der Waals surface area contributed by atoms with Crippen LogP contribution >= 0.6 is 0 Å². The molecule has 2 heterocycles. The fourth-order valence-electron chi connectivity index (χ4n) is 6.82. The van der Waals surface area contributed by atoms with Gasteiger partial charge in [0.2, 0.25) is 0 Å². The number of piperazine rings is 1. The monoisotopic (exact) mass is 600 g/mol. The summed E-state index contributed by atoms with van der Waals surface area (Å²) < 4.78 is 7.78. The van der Waals surface area contributed by atoms with E-state index in [1.165, 1.54) is 0 Å². The van der Waals surface area contributed by atoms with E-state index in [0.717, 1.165) is 61.8 Å². The first-order valence-corrected chi connectivity index (χ1v) is 16.3. The minimum absolute atomic E-state index is 0.153. The molecule has 5 rings (SSSR count). The van der Waals surface area contributed by atoms with Crippen molar-refractivity contribution in [3.05, 3.63) is 78.2 Å². The molecule has 0 unspecified atom stereocenters. The number of amides is 2. The first kappa shape index (κ1) is 31.8. The van der Waals surface area contributed by atoms with Gasteiger partial charge in [-0.15, -0.1) is 0 Å². The molecule has 2 fully saturated rings. The molecule has 3 atom stereocenters. The Morgan fingerprint density at radius 1 is 1.02 bits per heavy atom. The largest absolute Gasteiger partial charge is 0.444 e. The standard InChI is InChI=1S/C36H48N4O4/c1-5-6-20-36(43)21-14-13-19-30(36)40-26-37-31(32(40)28-17-11-8-12-18-28)33(41)39-23-22-38(34(42)44-35(2,3)4)25-29(39)24-27-15-9-7-10-16-27/h7-12,15-18,26,29-30,43H,5-6,13-14,19-25H2,1-4H3/t29-,30+,36-/m1/s1. The number of ether oxygens (including phenoxy) is 1. The summed E-state index contributed by atoms with van der Waals surface area (Å²) in [6, 6.07) is 19.6. The maximum Gasteiger partial charge on any atom is 0.410 e. The van der Waals surface area contributed by atoms with Gasteiger partial charge in [-0.25, -0.2) is 9.78 Å². The third-order valence-electron chi connectivity index (χ3n) is 9.01. The number of hydrogen-bond acceptors (Lipinski definition) is 5. The lowest BCUT2D eigenvalue weighted by atomic mass is 9.77. The maximum absolute atomic E-state index is 14.6. The molecule has 44 heavy (non-hydrogen) atoms. The minimum atomic E-state index is -0.840. The lowest BCUT2D eigenvalue weighted by molar-refractivity contribution is -0.0492. The fourth-order valence-corrected chi connectivity index (χ4v) is 6.82. The van der Waals surface area contributed by atoms with Crippen molar-refractivity contribution in [2.45, 2.75) is 102 Å².